The van der Waals surface area contributed by atoms with Crippen molar-refractivity contribution in [2.45, 2.75) is 50.7 Å². The number of esters is 1. The van der Waals surface area contributed by atoms with Crippen LogP contribution in [-0.4, -0.2) is 44.1 Å². The molecule has 9 heteroatoms. The summed E-state index contributed by atoms with van der Waals surface area (Å²) in [5.74, 6) is -0.519. The third kappa shape index (κ3) is 4.85. The van der Waals surface area contributed by atoms with Crippen molar-refractivity contribution < 1.29 is 28.7 Å². The first-order valence-electron chi connectivity index (χ1n) is 13.0. The largest absolute Gasteiger partial charge is 0.468 e. The standard InChI is InChI=1S/C29H33N3O6/c1-29(27(35)37-3)21-14-13-20(15-22(21)32(2)26(29)34)30-25(33)24(23(18-9-10-18)19-11-12-19)31-28(36)38-16-17-7-5-4-6-8-17/h4-8,13-15,18-19,23-24H,9-12,16H2,1-3H3,(H,30,33)(H,31,36)/t24-,29-/m0/s1. The van der Waals surface area contributed by atoms with E-state index in [1.54, 1.807) is 32.2 Å². The molecule has 38 heavy (non-hydrogen) atoms. The molecule has 2 saturated carbocycles. The van der Waals surface area contributed by atoms with Gasteiger partial charge in [0.1, 0.15) is 12.6 Å². The molecular weight excluding hydrogens is 486 g/mol. The average Bonchev–Trinajstić information content (AvgIpc) is 3.86. The number of rotatable bonds is 9. The molecule has 2 aromatic rings. The van der Waals surface area contributed by atoms with Gasteiger partial charge in [0.25, 0.3) is 0 Å². The molecule has 0 unspecified atom stereocenters. The van der Waals surface area contributed by atoms with Gasteiger partial charge in [0, 0.05) is 18.3 Å². The number of nitrogens with zero attached hydrogens (tertiary/aromatic N) is 1. The van der Waals surface area contributed by atoms with E-state index in [2.05, 4.69) is 10.6 Å². The van der Waals surface area contributed by atoms with Crippen molar-refractivity contribution in [2.24, 2.45) is 17.8 Å². The molecule has 0 bridgehead atoms. The number of amides is 3. The summed E-state index contributed by atoms with van der Waals surface area (Å²) in [6.07, 6.45) is 3.55. The topological polar surface area (TPSA) is 114 Å². The lowest BCUT2D eigenvalue weighted by Gasteiger charge is -2.27. The van der Waals surface area contributed by atoms with Crippen LogP contribution < -0.4 is 15.5 Å². The van der Waals surface area contributed by atoms with Gasteiger partial charge in [-0.3, -0.25) is 14.4 Å². The molecule has 1 heterocycles. The number of anilines is 2. The Balaban J connectivity index is 1.34. The van der Waals surface area contributed by atoms with Crippen molar-refractivity contribution >= 4 is 35.3 Å². The first kappa shape index (κ1) is 25.8. The lowest BCUT2D eigenvalue weighted by Crippen LogP contribution is -2.50. The molecule has 0 spiro atoms. The number of alkyl carbamates (subject to hydrolysis) is 1. The number of benzene rings is 2. The number of carbonyl (C=O) groups excluding carboxylic acids is 4. The van der Waals surface area contributed by atoms with Gasteiger partial charge in [-0.05, 0) is 68.1 Å². The van der Waals surface area contributed by atoms with Crippen LogP contribution in [-0.2, 0) is 35.9 Å². The first-order chi connectivity index (χ1) is 18.2. The van der Waals surface area contributed by atoms with Gasteiger partial charge in [-0.25, -0.2) is 4.79 Å². The Hall–Kier alpha value is -3.88. The first-order valence-corrected chi connectivity index (χ1v) is 13.0. The number of nitrogens with one attached hydrogen (secondary N) is 2. The molecule has 3 amide bonds. The van der Waals surface area contributed by atoms with Gasteiger partial charge in [-0.1, -0.05) is 36.4 Å². The summed E-state index contributed by atoms with van der Waals surface area (Å²) < 4.78 is 10.3. The van der Waals surface area contributed by atoms with E-state index < -0.39 is 29.4 Å². The molecule has 2 N–H and O–H groups in total. The maximum absolute atomic E-state index is 13.6. The number of methoxy groups -OCH3 is 1. The molecule has 5 rings (SSSR count). The lowest BCUT2D eigenvalue weighted by molar-refractivity contribution is -0.150. The van der Waals surface area contributed by atoms with E-state index >= 15 is 0 Å². The van der Waals surface area contributed by atoms with Crippen LogP contribution in [0, 0.1) is 17.8 Å². The molecule has 200 valence electrons. The van der Waals surface area contributed by atoms with Gasteiger partial charge in [0.15, 0.2) is 5.41 Å². The fraction of sp³-hybridized carbons (Fsp3) is 0.448. The average molecular weight is 520 g/mol. The van der Waals surface area contributed by atoms with Crippen molar-refractivity contribution in [1.82, 2.24) is 5.32 Å². The zero-order valence-corrected chi connectivity index (χ0v) is 21.9. The number of fused-ring (bicyclic) bond motifs is 1. The van der Waals surface area contributed by atoms with Gasteiger partial charge in [0.05, 0.1) is 12.8 Å². The second kappa shape index (κ2) is 10.1. The highest BCUT2D eigenvalue weighted by Crippen LogP contribution is 2.51. The van der Waals surface area contributed by atoms with Crippen LogP contribution in [0.5, 0.6) is 0 Å². The minimum atomic E-state index is -1.45. The SMILES string of the molecule is COC(=O)[C@]1(C)C(=O)N(C)c2cc(NC(=O)[C@@H](NC(=O)OCc3ccccc3)C(C3CC3)C3CC3)ccc21. The molecule has 0 radical (unpaired) electrons. The molecule has 2 atom stereocenters. The maximum atomic E-state index is 13.6. The van der Waals surface area contributed by atoms with Crippen LogP contribution in [0.15, 0.2) is 48.5 Å². The van der Waals surface area contributed by atoms with Gasteiger partial charge < -0.3 is 25.0 Å². The van der Waals surface area contributed by atoms with Crippen LogP contribution >= 0.6 is 0 Å². The number of likely N-dealkylation sites (N-methyl/N-ethyl adjacent to an activating group) is 1. The highest BCUT2D eigenvalue weighted by molar-refractivity contribution is 6.20. The molecular formula is C29H33N3O6. The normalized spacial score (nSPS) is 21.1. The van der Waals surface area contributed by atoms with Crippen molar-refractivity contribution in [1.29, 1.82) is 0 Å². The second-order valence-electron chi connectivity index (χ2n) is 10.6. The smallest absolute Gasteiger partial charge is 0.408 e. The quantitative estimate of drug-likeness (QED) is 0.385. The Morgan fingerprint density at radius 1 is 1.05 bits per heavy atom. The van der Waals surface area contributed by atoms with E-state index in [1.807, 2.05) is 30.3 Å². The third-order valence-corrected chi connectivity index (χ3v) is 7.98. The van der Waals surface area contributed by atoms with Gasteiger partial charge in [-0.15, -0.1) is 0 Å². The Labute approximate surface area is 221 Å². The minimum Gasteiger partial charge on any atom is -0.468 e. The van der Waals surface area contributed by atoms with E-state index in [0.717, 1.165) is 31.2 Å². The van der Waals surface area contributed by atoms with Gasteiger partial charge >= 0.3 is 12.1 Å². The van der Waals surface area contributed by atoms with Crippen molar-refractivity contribution in [2.75, 3.05) is 24.4 Å². The summed E-state index contributed by atoms with van der Waals surface area (Å²) in [5, 5.41) is 5.79. The monoisotopic (exact) mass is 519 g/mol. The van der Waals surface area contributed by atoms with Crippen molar-refractivity contribution in [3.8, 4) is 0 Å². The van der Waals surface area contributed by atoms with Crippen LogP contribution in [0.25, 0.3) is 0 Å². The van der Waals surface area contributed by atoms with Crippen LogP contribution in [0.3, 0.4) is 0 Å². The third-order valence-electron chi connectivity index (χ3n) is 7.98. The molecule has 2 fully saturated rings. The highest BCUT2D eigenvalue weighted by atomic mass is 16.5. The zero-order valence-electron chi connectivity index (χ0n) is 21.9. The summed E-state index contributed by atoms with van der Waals surface area (Å²) in [6, 6.07) is 13.6. The molecule has 3 aliphatic rings. The Bertz CT molecular complexity index is 1240. The molecule has 2 aliphatic carbocycles. The van der Waals surface area contributed by atoms with E-state index in [0.29, 0.717) is 28.8 Å². The zero-order chi connectivity index (χ0) is 27.0. The van der Waals surface area contributed by atoms with Gasteiger partial charge in [0.2, 0.25) is 11.8 Å². The Morgan fingerprint density at radius 2 is 1.71 bits per heavy atom. The lowest BCUT2D eigenvalue weighted by atomic mass is 9.83. The Kier molecular flexibility index (Phi) is 6.86. The van der Waals surface area contributed by atoms with Crippen LogP contribution in [0.1, 0.15) is 43.7 Å². The number of ether oxygens (including phenoxy) is 2. The van der Waals surface area contributed by atoms with Crippen LogP contribution in [0.2, 0.25) is 0 Å². The summed E-state index contributed by atoms with van der Waals surface area (Å²) in [5.41, 5.74) is 0.922. The maximum Gasteiger partial charge on any atom is 0.408 e. The fourth-order valence-corrected chi connectivity index (χ4v) is 5.61. The summed E-state index contributed by atoms with van der Waals surface area (Å²) >= 11 is 0. The van der Waals surface area contributed by atoms with E-state index in [4.69, 9.17) is 9.47 Å². The molecule has 1 aliphatic heterocycles. The molecule has 2 aromatic carbocycles. The molecule has 9 nitrogen and oxygen atoms in total. The van der Waals surface area contributed by atoms with Gasteiger partial charge in [-0.2, -0.15) is 0 Å². The number of carbonyl (C=O) groups is 4. The van der Waals surface area contributed by atoms with Crippen molar-refractivity contribution in [3.63, 3.8) is 0 Å². The summed E-state index contributed by atoms with van der Waals surface area (Å²) in [4.78, 5) is 53.2. The molecule has 0 aromatic heterocycles. The van der Waals surface area contributed by atoms with E-state index in [1.165, 1.54) is 12.0 Å². The Morgan fingerprint density at radius 3 is 2.32 bits per heavy atom. The predicted molar refractivity (Wildman–Crippen MR) is 140 cm³/mol. The highest BCUT2D eigenvalue weighted by Gasteiger charge is 2.53. The fourth-order valence-electron chi connectivity index (χ4n) is 5.61. The van der Waals surface area contributed by atoms with E-state index in [-0.39, 0.29) is 18.4 Å². The summed E-state index contributed by atoms with van der Waals surface area (Å²) in [7, 11) is 2.84. The van der Waals surface area contributed by atoms with Crippen molar-refractivity contribution in [3.05, 3.63) is 59.7 Å². The number of hydrogen-bond acceptors (Lipinski definition) is 6. The van der Waals surface area contributed by atoms with E-state index in [9.17, 15) is 19.2 Å². The predicted octanol–water partition coefficient (Wildman–Crippen LogP) is 3.76. The second-order valence-corrected chi connectivity index (χ2v) is 10.6. The van der Waals surface area contributed by atoms with Crippen LogP contribution in [0.4, 0.5) is 16.2 Å². The minimum absolute atomic E-state index is 0.0422. The number of hydrogen-bond donors (Lipinski definition) is 2. The summed E-state index contributed by atoms with van der Waals surface area (Å²) in [6.45, 7) is 1.65. The molecule has 0 saturated heterocycles.